The van der Waals surface area contributed by atoms with Crippen LogP contribution in [0.1, 0.15) is 18.9 Å². The zero-order valence-corrected chi connectivity index (χ0v) is 13.6. The van der Waals surface area contributed by atoms with E-state index in [4.69, 9.17) is 6.42 Å². The van der Waals surface area contributed by atoms with E-state index in [1.165, 1.54) is 0 Å². The van der Waals surface area contributed by atoms with Gasteiger partial charge in [-0.05, 0) is 13.8 Å². The average molecular weight is 326 g/mol. The van der Waals surface area contributed by atoms with Crippen molar-refractivity contribution < 1.29 is 4.92 Å². The number of terminal acetylenes is 1. The number of rotatable bonds is 9. The summed E-state index contributed by atoms with van der Waals surface area (Å²) in [7, 11) is 0. The minimum absolute atomic E-state index is 0.317. The Kier molecular flexibility index (Phi) is 7.05. The maximum Gasteiger partial charge on any atom is 0.274 e. The fraction of sp³-hybridized carbons (Fsp3) is 0.462. The summed E-state index contributed by atoms with van der Waals surface area (Å²) in [5.41, 5.74) is -0.650. The molecular formula is C13H18N4O2S2. The van der Waals surface area contributed by atoms with Crippen LogP contribution in [0.15, 0.2) is 23.6 Å². The first-order chi connectivity index (χ1) is 9.93. The summed E-state index contributed by atoms with van der Waals surface area (Å²) < 4.78 is 0. The second kappa shape index (κ2) is 8.54. The van der Waals surface area contributed by atoms with Gasteiger partial charge in [0.05, 0.1) is 10.5 Å². The molecule has 0 saturated heterocycles. The molecule has 1 aromatic heterocycles. The Morgan fingerprint density at radius 2 is 2.48 bits per heavy atom. The zero-order chi connectivity index (χ0) is 15.7. The highest BCUT2D eigenvalue weighted by Crippen LogP contribution is 2.13. The first-order valence-corrected chi connectivity index (χ1v) is 8.27. The van der Waals surface area contributed by atoms with E-state index in [1.54, 1.807) is 43.1 Å². The lowest BCUT2D eigenvalue weighted by Gasteiger charge is -2.22. The summed E-state index contributed by atoms with van der Waals surface area (Å²) in [4.78, 5) is 14.3. The number of nitrogens with one attached hydrogen (secondary N) is 2. The van der Waals surface area contributed by atoms with Crippen molar-refractivity contribution >= 4 is 23.1 Å². The number of aromatic nitrogens is 1. The molecule has 1 aromatic rings. The molecule has 8 heteroatoms. The van der Waals surface area contributed by atoms with Gasteiger partial charge in [0.2, 0.25) is 0 Å². The lowest BCUT2D eigenvalue weighted by atomic mass is 10.1. The molecule has 0 spiro atoms. The van der Waals surface area contributed by atoms with Crippen LogP contribution in [-0.4, -0.2) is 27.7 Å². The largest absolute Gasteiger partial charge is 0.366 e. The summed E-state index contributed by atoms with van der Waals surface area (Å²) in [5, 5.41) is 19.6. The van der Waals surface area contributed by atoms with Crippen molar-refractivity contribution in [3.63, 3.8) is 0 Å². The van der Waals surface area contributed by atoms with Crippen LogP contribution >= 0.6 is 23.1 Å². The van der Waals surface area contributed by atoms with Crippen LogP contribution in [0, 0.1) is 22.5 Å². The lowest BCUT2D eigenvalue weighted by molar-refractivity contribution is -0.404. The molecule has 0 aliphatic rings. The number of hydrogen-bond acceptors (Lipinski definition) is 7. The molecule has 0 aliphatic heterocycles. The third kappa shape index (κ3) is 7.58. The molecule has 1 rings (SSSR count). The first kappa shape index (κ1) is 17.3. The van der Waals surface area contributed by atoms with Crippen LogP contribution < -0.4 is 10.6 Å². The van der Waals surface area contributed by atoms with Crippen molar-refractivity contribution in [2.45, 2.75) is 25.1 Å². The first-order valence-electron chi connectivity index (χ1n) is 6.24. The van der Waals surface area contributed by atoms with Crippen LogP contribution in [0.2, 0.25) is 0 Å². The fourth-order valence-corrected chi connectivity index (χ4v) is 2.90. The second-order valence-corrected chi connectivity index (χ2v) is 6.71. The predicted octanol–water partition coefficient (Wildman–Crippen LogP) is 2.04. The van der Waals surface area contributed by atoms with E-state index in [-0.39, 0.29) is 0 Å². The van der Waals surface area contributed by atoms with Gasteiger partial charge in [0, 0.05) is 29.6 Å². The average Bonchev–Trinajstić information content (AvgIpc) is 2.90. The summed E-state index contributed by atoms with van der Waals surface area (Å²) in [6.07, 6.45) is 8.04. The van der Waals surface area contributed by atoms with Crippen molar-refractivity contribution in [2.24, 2.45) is 0 Å². The summed E-state index contributed by atoms with van der Waals surface area (Å²) in [6.45, 7) is 4.16. The summed E-state index contributed by atoms with van der Waals surface area (Å²) in [5.74, 6) is 4.51. The molecule has 0 bridgehead atoms. The van der Waals surface area contributed by atoms with Crippen LogP contribution in [0.3, 0.4) is 0 Å². The monoisotopic (exact) mass is 326 g/mol. The smallest absolute Gasteiger partial charge is 0.274 e. The quantitative estimate of drug-likeness (QED) is 0.313. The minimum atomic E-state index is -0.650. The summed E-state index contributed by atoms with van der Waals surface area (Å²) in [6, 6.07) is 0. The van der Waals surface area contributed by atoms with E-state index in [1.807, 2.05) is 5.38 Å². The molecule has 0 amide bonds. The van der Waals surface area contributed by atoms with Crippen LogP contribution in [-0.2, 0) is 5.75 Å². The molecule has 0 radical (unpaired) electrons. The second-order valence-electron chi connectivity index (χ2n) is 4.63. The third-order valence-corrected chi connectivity index (χ3v) is 4.25. The SMILES string of the molecule is C#CC(C)(C)N/C(=C/[N+](=O)[O-])NCCSCc1nccs1. The molecule has 0 aliphatic carbocycles. The number of nitro groups is 1. The van der Waals surface area contributed by atoms with Gasteiger partial charge in [0.15, 0.2) is 5.82 Å². The topological polar surface area (TPSA) is 80.1 Å². The Morgan fingerprint density at radius 3 is 3.05 bits per heavy atom. The van der Waals surface area contributed by atoms with Crippen LogP contribution in [0.25, 0.3) is 0 Å². The standard InChI is InChI=1S/C13H18N4O2S2/c1-4-13(2,3)16-11(9-17(18)19)14-5-7-20-10-12-15-6-8-21-12/h1,6,8-9,14,16H,5,7,10H2,2-3H3/b11-9+. The fourth-order valence-electron chi connectivity index (χ4n) is 1.34. The van der Waals surface area contributed by atoms with E-state index in [2.05, 4.69) is 21.5 Å². The van der Waals surface area contributed by atoms with Gasteiger partial charge in [-0.15, -0.1) is 17.8 Å². The minimum Gasteiger partial charge on any atom is -0.366 e. The van der Waals surface area contributed by atoms with Crippen LogP contribution in [0.5, 0.6) is 0 Å². The van der Waals surface area contributed by atoms with E-state index in [9.17, 15) is 10.1 Å². The van der Waals surface area contributed by atoms with E-state index < -0.39 is 10.5 Å². The maximum atomic E-state index is 10.6. The van der Waals surface area contributed by atoms with Crippen LogP contribution in [0.4, 0.5) is 0 Å². The summed E-state index contributed by atoms with van der Waals surface area (Å²) >= 11 is 3.33. The zero-order valence-electron chi connectivity index (χ0n) is 12.0. The highest BCUT2D eigenvalue weighted by atomic mass is 32.2. The maximum absolute atomic E-state index is 10.6. The molecule has 0 atom stereocenters. The Morgan fingerprint density at radius 1 is 1.71 bits per heavy atom. The van der Waals surface area contributed by atoms with E-state index >= 15 is 0 Å². The van der Waals surface area contributed by atoms with Gasteiger partial charge in [0.1, 0.15) is 5.01 Å². The van der Waals surface area contributed by atoms with Crippen molar-refractivity contribution in [3.05, 3.63) is 38.7 Å². The van der Waals surface area contributed by atoms with Crippen molar-refractivity contribution in [1.29, 1.82) is 0 Å². The number of thiazole rings is 1. The van der Waals surface area contributed by atoms with Gasteiger partial charge in [0.25, 0.3) is 6.20 Å². The van der Waals surface area contributed by atoms with Crippen molar-refractivity contribution in [2.75, 3.05) is 12.3 Å². The van der Waals surface area contributed by atoms with Gasteiger partial charge < -0.3 is 10.6 Å². The van der Waals surface area contributed by atoms with Gasteiger partial charge >= 0.3 is 0 Å². The number of hydrogen-bond donors (Lipinski definition) is 2. The molecule has 0 unspecified atom stereocenters. The highest BCUT2D eigenvalue weighted by molar-refractivity contribution is 7.98. The normalized spacial score (nSPS) is 11.8. The Balaban J connectivity index is 2.36. The molecule has 1 heterocycles. The Hall–Kier alpha value is -1.72. The molecule has 6 nitrogen and oxygen atoms in total. The van der Waals surface area contributed by atoms with Gasteiger partial charge in [-0.25, -0.2) is 4.98 Å². The number of nitrogens with zero attached hydrogens (tertiary/aromatic N) is 2. The Labute approximate surface area is 132 Å². The lowest BCUT2D eigenvalue weighted by Crippen LogP contribution is -2.42. The molecule has 2 N–H and O–H groups in total. The molecular weight excluding hydrogens is 308 g/mol. The molecule has 0 aromatic carbocycles. The van der Waals surface area contributed by atoms with E-state index in [0.717, 1.165) is 22.7 Å². The van der Waals surface area contributed by atoms with Gasteiger partial charge in [-0.3, -0.25) is 10.1 Å². The van der Waals surface area contributed by atoms with Gasteiger partial charge in [-0.1, -0.05) is 5.92 Å². The predicted molar refractivity (Wildman–Crippen MR) is 87.4 cm³/mol. The highest BCUT2D eigenvalue weighted by Gasteiger charge is 2.16. The van der Waals surface area contributed by atoms with Crippen molar-refractivity contribution in [3.8, 4) is 12.3 Å². The molecule has 114 valence electrons. The molecule has 0 saturated carbocycles. The molecule has 0 fully saturated rings. The van der Waals surface area contributed by atoms with Gasteiger partial charge in [-0.2, -0.15) is 11.8 Å². The third-order valence-electron chi connectivity index (χ3n) is 2.31. The number of thioether (sulfide) groups is 1. The Bertz CT molecular complexity index is 521. The molecule has 21 heavy (non-hydrogen) atoms. The van der Waals surface area contributed by atoms with Crippen molar-refractivity contribution in [1.82, 2.24) is 15.6 Å². The van der Waals surface area contributed by atoms with E-state index in [0.29, 0.717) is 12.4 Å².